The molecule has 2 N–H and O–H groups in total. The highest BCUT2D eigenvalue weighted by atomic mass is 16.4. The monoisotopic (exact) mass is 315 g/mol. The first-order chi connectivity index (χ1) is 11.0. The average molecular weight is 315 g/mol. The van der Waals surface area contributed by atoms with Gasteiger partial charge in [-0.1, -0.05) is 44.2 Å². The van der Waals surface area contributed by atoms with E-state index in [1.807, 2.05) is 44.2 Å². The molecule has 0 fully saturated rings. The predicted molar refractivity (Wildman–Crippen MR) is 85.8 cm³/mol. The van der Waals surface area contributed by atoms with Crippen molar-refractivity contribution in [3.05, 3.63) is 54.4 Å². The van der Waals surface area contributed by atoms with Gasteiger partial charge in [-0.05, 0) is 24.0 Å². The quantitative estimate of drug-likeness (QED) is 0.819. The van der Waals surface area contributed by atoms with E-state index in [0.29, 0.717) is 6.42 Å². The van der Waals surface area contributed by atoms with Gasteiger partial charge < -0.3 is 10.4 Å². The second kappa shape index (κ2) is 7.58. The molecule has 1 unspecified atom stereocenters. The Hall–Kier alpha value is -2.63. The summed E-state index contributed by atoms with van der Waals surface area (Å²) >= 11 is 0. The number of benzene rings is 1. The van der Waals surface area contributed by atoms with E-state index in [4.69, 9.17) is 0 Å². The van der Waals surface area contributed by atoms with Gasteiger partial charge in [0.15, 0.2) is 6.04 Å². The van der Waals surface area contributed by atoms with Crippen LogP contribution in [-0.4, -0.2) is 32.8 Å². The Kier molecular flexibility index (Phi) is 5.51. The molecule has 1 heterocycles. The minimum atomic E-state index is -1.03. The lowest BCUT2D eigenvalue weighted by Gasteiger charge is -2.22. The zero-order valence-electron chi connectivity index (χ0n) is 13.2. The van der Waals surface area contributed by atoms with Crippen molar-refractivity contribution in [1.29, 1.82) is 0 Å². The van der Waals surface area contributed by atoms with Crippen LogP contribution in [0, 0.1) is 5.92 Å². The smallest absolute Gasteiger partial charge is 0.326 e. The van der Waals surface area contributed by atoms with E-state index in [1.54, 1.807) is 18.5 Å². The van der Waals surface area contributed by atoms with Crippen molar-refractivity contribution >= 4 is 11.9 Å². The average Bonchev–Trinajstić information content (AvgIpc) is 3.01. The number of hydrogen-bond donors (Lipinski definition) is 2. The fourth-order valence-corrected chi connectivity index (χ4v) is 2.44. The molecule has 2 atom stereocenters. The van der Waals surface area contributed by atoms with E-state index >= 15 is 0 Å². The summed E-state index contributed by atoms with van der Waals surface area (Å²) in [4.78, 5) is 24.1. The van der Waals surface area contributed by atoms with Crippen LogP contribution in [0.25, 0.3) is 0 Å². The number of carbonyl (C=O) groups excluding carboxylic acids is 1. The van der Waals surface area contributed by atoms with E-state index in [1.165, 1.54) is 4.68 Å². The molecule has 0 aliphatic heterocycles. The zero-order valence-corrected chi connectivity index (χ0v) is 13.2. The number of nitrogens with zero attached hydrogens (tertiary/aromatic N) is 2. The number of carboxylic acid groups (broad SMARTS) is 1. The van der Waals surface area contributed by atoms with Crippen LogP contribution in [0.5, 0.6) is 0 Å². The third kappa shape index (κ3) is 4.42. The highest BCUT2D eigenvalue weighted by Gasteiger charge is 2.28. The molecule has 6 nitrogen and oxygen atoms in total. The Labute approximate surface area is 135 Å². The maximum atomic E-state index is 12.7. The van der Waals surface area contributed by atoms with Crippen LogP contribution in [0.4, 0.5) is 0 Å². The molecule has 0 bridgehead atoms. The fourth-order valence-electron chi connectivity index (χ4n) is 2.44. The predicted octanol–water partition coefficient (Wildman–Crippen LogP) is 2.09. The van der Waals surface area contributed by atoms with Crippen LogP contribution in [0.2, 0.25) is 0 Å². The molecule has 0 saturated heterocycles. The van der Waals surface area contributed by atoms with Crippen molar-refractivity contribution in [3.8, 4) is 0 Å². The summed E-state index contributed by atoms with van der Waals surface area (Å²) in [6.45, 7) is 3.84. The highest BCUT2D eigenvalue weighted by molar-refractivity contribution is 5.88. The molecule has 0 aliphatic carbocycles. The third-order valence-electron chi connectivity index (χ3n) is 3.47. The van der Waals surface area contributed by atoms with Gasteiger partial charge in [0.2, 0.25) is 5.91 Å². The number of aromatic nitrogens is 2. The summed E-state index contributed by atoms with van der Waals surface area (Å²) in [7, 11) is 0. The maximum absolute atomic E-state index is 12.7. The fraction of sp³-hybridized carbons (Fsp3) is 0.353. The van der Waals surface area contributed by atoms with Gasteiger partial charge in [0, 0.05) is 12.4 Å². The van der Waals surface area contributed by atoms with E-state index in [2.05, 4.69) is 10.4 Å². The lowest BCUT2D eigenvalue weighted by atomic mass is 10.0. The number of carbonyl (C=O) groups is 2. The number of carboxylic acids is 1. The standard InChI is InChI=1S/C17H21N3O3/c1-12(2)11-14(17(22)23)19-16(21)15(20-10-6-9-18-20)13-7-4-3-5-8-13/h3-10,12,14-15H,11H2,1-2H3,(H,19,21)(H,22,23)/t14-,15?/m1/s1. The summed E-state index contributed by atoms with van der Waals surface area (Å²) in [5.41, 5.74) is 0.752. The molecule has 0 aliphatic rings. The van der Waals surface area contributed by atoms with Crippen molar-refractivity contribution in [3.63, 3.8) is 0 Å². The lowest BCUT2D eigenvalue weighted by molar-refractivity contribution is -0.142. The topological polar surface area (TPSA) is 84.2 Å². The molecular formula is C17H21N3O3. The Balaban J connectivity index is 2.25. The Bertz CT molecular complexity index is 638. The van der Waals surface area contributed by atoms with Crippen LogP contribution < -0.4 is 5.32 Å². The number of hydrogen-bond acceptors (Lipinski definition) is 3. The molecule has 1 aromatic carbocycles. The van der Waals surface area contributed by atoms with Crippen LogP contribution in [-0.2, 0) is 9.59 Å². The molecule has 0 saturated carbocycles. The summed E-state index contributed by atoms with van der Waals surface area (Å²) < 4.78 is 1.53. The van der Waals surface area contributed by atoms with E-state index in [9.17, 15) is 14.7 Å². The molecule has 1 amide bonds. The molecule has 2 aromatic rings. The Morgan fingerprint density at radius 1 is 1.22 bits per heavy atom. The summed E-state index contributed by atoms with van der Waals surface area (Å²) in [5.74, 6) is -1.25. The number of amides is 1. The van der Waals surface area contributed by atoms with E-state index in [-0.39, 0.29) is 11.8 Å². The number of nitrogens with one attached hydrogen (secondary N) is 1. The van der Waals surface area contributed by atoms with Crippen LogP contribution in [0.3, 0.4) is 0 Å². The normalized spacial score (nSPS) is 13.5. The molecule has 0 spiro atoms. The first kappa shape index (κ1) is 16.7. The van der Waals surface area contributed by atoms with Crippen molar-refractivity contribution in [2.24, 2.45) is 5.92 Å². The van der Waals surface area contributed by atoms with Crippen molar-refractivity contribution in [2.45, 2.75) is 32.4 Å². The van der Waals surface area contributed by atoms with Crippen LogP contribution in [0.15, 0.2) is 48.8 Å². The van der Waals surface area contributed by atoms with Gasteiger partial charge in [-0.3, -0.25) is 9.48 Å². The van der Waals surface area contributed by atoms with Gasteiger partial charge in [0.05, 0.1) is 0 Å². The van der Waals surface area contributed by atoms with E-state index in [0.717, 1.165) is 5.56 Å². The lowest BCUT2D eigenvalue weighted by Crippen LogP contribution is -2.45. The number of aliphatic carboxylic acids is 1. The third-order valence-corrected chi connectivity index (χ3v) is 3.47. The van der Waals surface area contributed by atoms with E-state index < -0.39 is 18.1 Å². The molecule has 6 heteroatoms. The highest BCUT2D eigenvalue weighted by Crippen LogP contribution is 2.18. The van der Waals surface area contributed by atoms with Crippen LogP contribution in [0.1, 0.15) is 31.9 Å². The molecule has 2 rings (SSSR count). The van der Waals surface area contributed by atoms with Crippen molar-refractivity contribution in [1.82, 2.24) is 15.1 Å². The first-order valence-electron chi connectivity index (χ1n) is 7.56. The first-order valence-corrected chi connectivity index (χ1v) is 7.56. The van der Waals surface area contributed by atoms with Gasteiger partial charge >= 0.3 is 5.97 Å². The molecule has 0 radical (unpaired) electrons. The van der Waals surface area contributed by atoms with Gasteiger partial charge in [-0.2, -0.15) is 5.10 Å². The minimum absolute atomic E-state index is 0.163. The Morgan fingerprint density at radius 2 is 1.91 bits per heavy atom. The summed E-state index contributed by atoms with van der Waals surface area (Å²) in [5, 5.41) is 16.1. The van der Waals surface area contributed by atoms with Gasteiger partial charge in [0.25, 0.3) is 0 Å². The van der Waals surface area contributed by atoms with Crippen LogP contribution >= 0.6 is 0 Å². The van der Waals surface area contributed by atoms with Gasteiger partial charge in [-0.25, -0.2) is 4.79 Å². The van der Waals surface area contributed by atoms with Crippen molar-refractivity contribution in [2.75, 3.05) is 0 Å². The molecular weight excluding hydrogens is 294 g/mol. The number of rotatable bonds is 7. The minimum Gasteiger partial charge on any atom is -0.480 e. The largest absolute Gasteiger partial charge is 0.480 e. The second-order valence-corrected chi connectivity index (χ2v) is 5.83. The molecule has 122 valence electrons. The SMILES string of the molecule is CC(C)C[C@@H](NC(=O)C(c1ccccc1)n1cccn1)C(=O)O. The summed E-state index contributed by atoms with van der Waals surface area (Å²) in [6.07, 6.45) is 3.66. The molecule has 1 aromatic heterocycles. The Morgan fingerprint density at radius 3 is 2.43 bits per heavy atom. The van der Waals surface area contributed by atoms with Gasteiger partial charge in [-0.15, -0.1) is 0 Å². The zero-order chi connectivity index (χ0) is 16.8. The second-order valence-electron chi connectivity index (χ2n) is 5.83. The van der Waals surface area contributed by atoms with Crippen molar-refractivity contribution < 1.29 is 14.7 Å². The molecule has 23 heavy (non-hydrogen) atoms. The van der Waals surface area contributed by atoms with Gasteiger partial charge in [0.1, 0.15) is 6.04 Å². The summed E-state index contributed by atoms with van der Waals surface area (Å²) in [6, 6.07) is 9.30. The maximum Gasteiger partial charge on any atom is 0.326 e.